The molecular weight excluding hydrogens is 438 g/mol. The molecule has 3 aliphatic rings. The van der Waals surface area contributed by atoms with Gasteiger partial charge in [0.05, 0.1) is 0 Å². The van der Waals surface area contributed by atoms with Crippen LogP contribution in [-0.4, -0.2) is 54.1 Å². The maximum atomic E-state index is 6.28. The Hall–Kier alpha value is -2.33. The highest BCUT2D eigenvalue weighted by molar-refractivity contribution is 6.30. The van der Waals surface area contributed by atoms with E-state index >= 15 is 0 Å². The fraction of sp³-hybridized carbons (Fsp3) is 0.400. The first kappa shape index (κ1) is 22.2. The summed E-state index contributed by atoms with van der Waals surface area (Å²) in [6.45, 7) is 8.16. The van der Waals surface area contributed by atoms with E-state index in [9.17, 15) is 0 Å². The van der Waals surface area contributed by atoms with Crippen LogP contribution in [0.1, 0.15) is 35.4 Å². The number of piperazine rings is 1. The molecule has 3 aromatic rings. The molecule has 1 aromatic heterocycles. The van der Waals surface area contributed by atoms with Crippen LogP contribution in [0.15, 0.2) is 42.5 Å². The number of rotatable bonds is 4. The van der Waals surface area contributed by atoms with Gasteiger partial charge in [-0.25, -0.2) is 0 Å². The highest BCUT2D eigenvalue weighted by Gasteiger charge is 2.20. The van der Waals surface area contributed by atoms with Gasteiger partial charge in [-0.15, -0.1) is 0 Å². The first-order valence-electron chi connectivity index (χ1n) is 12.8. The van der Waals surface area contributed by atoms with Gasteiger partial charge in [0, 0.05) is 61.3 Å². The monoisotopic (exact) mass is 471 g/mol. The van der Waals surface area contributed by atoms with E-state index in [0.29, 0.717) is 0 Å². The molecule has 1 aliphatic heterocycles. The van der Waals surface area contributed by atoms with Crippen LogP contribution in [0.25, 0.3) is 11.8 Å². The van der Waals surface area contributed by atoms with Gasteiger partial charge >= 0.3 is 0 Å². The first-order chi connectivity index (χ1) is 16.6. The van der Waals surface area contributed by atoms with Crippen molar-refractivity contribution in [1.82, 2.24) is 14.4 Å². The van der Waals surface area contributed by atoms with Crippen molar-refractivity contribution in [1.29, 1.82) is 0 Å². The lowest BCUT2D eigenvalue weighted by Crippen LogP contribution is -2.45. The minimum absolute atomic E-state index is 0.819. The van der Waals surface area contributed by atoms with E-state index in [-0.39, 0.29) is 0 Å². The van der Waals surface area contributed by atoms with E-state index < -0.39 is 0 Å². The van der Waals surface area contributed by atoms with Crippen molar-refractivity contribution in [3.63, 3.8) is 0 Å². The van der Waals surface area contributed by atoms with Crippen LogP contribution in [0.3, 0.4) is 0 Å². The second kappa shape index (κ2) is 9.03. The minimum atomic E-state index is 0.819. The topological polar surface area (TPSA) is 11.4 Å². The van der Waals surface area contributed by atoms with E-state index in [4.69, 9.17) is 11.6 Å². The summed E-state index contributed by atoms with van der Waals surface area (Å²) in [5, 5.41) is 6.28. The Morgan fingerprint density at radius 3 is 2.50 bits per heavy atom. The summed E-state index contributed by atoms with van der Waals surface area (Å²) in [6, 6.07) is 15.8. The summed E-state index contributed by atoms with van der Waals surface area (Å²) in [4.78, 5) is 5.06. The van der Waals surface area contributed by atoms with Crippen LogP contribution in [-0.2, 0) is 19.3 Å². The van der Waals surface area contributed by atoms with Crippen LogP contribution in [0.5, 0.6) is 0 Å². The Bertz CT molecular complexity index is 1460. The van der Waals surface area contributed by atoms with E-state index in [2.05, 4.69) is 70.8 Å². The Morgan fingerprint density at radius 2 is 1.65 bits per heavy atom. The van der Waals surface area contributed by atoms with Gasteiger partial charge in [-0.05, 0) is 95.9 Å². The summed E-state index contributed by atoms with van der Waals surface area (Å²) in [5.74, 6) is 0. The first-order valence-corrected chi connectivity index (χ1v) is 13.2. The molecule has 3 nitrogen and oxygen atoms in total. The van der Waals surface area contributed by atoms with Crippen LogP contribution in [0, 0.1) is 17.4 Å². The average molecular weight is 472 g/mol. The quantitative estimate of drug-likeness (QED) is 0.572. The van der Waals surface area contributed by atoms with Gasteiger partial charge < -0.3 is 14.4 Å². The van der Waals surface area contributed by atoms with Crippen LogP contribution >= 0.6 is 11.6 Å². The number of nitrogens with zero attached hydrogens (tertiary/aromatic N) is 3. The standard InChI is InChI=1S/C30H34ClN3/c1-21-6-9-24(14-15-33-18-16-32(2)17-19-33)34(21)30-5-3-4-26-28-10-7-22-20-23(31)8-11-25(22)27(28)12-13-29(26)30/h6-9,11-13,20H,3-5,10,14-19H2,1-2H3. The van der Waals surface area contributed by atoms with Gasteiger partial charge in [0.15, 0.2) is 0 Å². The maximum absolute atomic E-state index is 6.28. The zero-order valence-corrected chi connectivity index (χ0v) is 21.2. The molecule has 0 N–H and O–H groups in total. The summed E-state index contributed by atoms with van der Waals surface area (Å²) in [6.07, 6.45) is 8.03. The van der Waals surface area contributed by atoms with Gasteiger partial charge in [0.1, 0.15) is 0 Å². The van der Waals surface area contributed by atoms with Crippen molar-refractivity contribution in [2.75, 3.05) is 39.8 Å². The molecule has 0 atom stereocenters. The fourth-order valence-electron chi connectivity index (χ4n) is 6.21. The number of likely N-dealkylation sites (N-methyl/N-ethyl adjacent to an activating group) is 1. The number of halogens is 1. The molecular formula is C30H34ClN3. The van der Waals surface area contributed by atoms with Crippen molar-refractivity contribution in [3.8, 4) is 0 Å². The molecule has 0 unspecified atom stereocenters. The molecule has 0 saturated carbocycles. The van der Waals surface area contributed by atoms with E-state index in [1.54, 1.807) is 5.56 Å². The average Bonchev–Trinajstić information content (AvgIpc) is 3.22. The van der Waals surface area contributed by atoms with Crippen molar-refractivity contribution in [2.24, 2.45) is 0 Å². The lowest BCUT2D eigenvalue weighted by atomic mass is 9.87. The highest BCUT2D eigenvalue weighted by Crippen LogP contribution is 2.25. The summed E-state index contributed by atoms with van der Waals surface area (Å²) >= 11 is 6.28. The zero-order valence-electron chi connectivity index (χ0n) is 20.4. The molecule has 0 radical (unpaired) electrons. The van der Waals surface area contributed by atoms with E-state index in [1.165, 1.54) is 82.5 Å². The lowest BCUT2D eigenvalue weighted by molar-refractivity contribution is 0.155. The Labute approximate surface area is 207 Å². The third-order valence-electron chi connectivity index (χ3n) is 8.12. The number of benzene rings is 2. The second-order valence-electron chi connectivity index (χ2n) is 10.3. The molecule has 1 saturated heterocycles. The number of hydrogen-bond acceptors (Lipinski definition) is 2. The van der Waals surface area contributed by atoms with Crippen LogP contribution in [0.2, 0.25) is 5.02 Å². The number of aryl methyl sites for hydroxylation is 1. The number of hydrogen-bond donors (Lipinski definition) is 0. The number of aromatic nitrogens is 1. The third kappa shape index (κ3) is 3.94. The third-order valence-corrected chi connectivity index (χ3v) is 8.35. The normalized spacial score (nSPS) is 18.3. The molecule has 6 rings (SSSR count). The lowest BCUT2D eigenvalue weighted by Gasteiger charge is -2.32. The highest BCUT2D eigenvalue weighted by atomic mass is 35.5. The van der Waals surface area contributed by atoms with E-state index in [0.717, 1.165) is 30.8 Å². The zero-order chi connectivity index (χ0) is 23.2. The molecule has 2 heterocycles. The van der Waals surface area contributed by atoms with Gasteiger partial charge in [0.25, 0.3) is 0 Å². The van der Waals surface area contributed by atoms with Crippen molar-refractivity contribution < 1.29 is 0 Å². The largest absolute Gasteiger partial charge is 0.321 e. The fourth-order valence-corrected chi connectivity index (χ4v) is 6.39. The second-order valence-corrected chi connectivity index (χ2v) is 10.7. The molecule has 2 aromatic carbocycles. The molecule has 176 valence electrons. The Balaban J connectivity index is 1.43. The Kier molecular flexibility index (Phi) is 5.89. The van der Waals surface area contributed by atoms with Gasteiger partial charge in [-0.2, -0.15) is 0 Å². The Morgan fingerprint density at radius 1 is 0.853 bits per heavy atom. The smallest absolute Gasteiger partial charge is 0.0412 e. The van der Waals surface area contributed by atoms with Gasteiger partial charge in [-0.3, -0.25) is 0 Å². The van der Waals surface area contributed by atoms with E-state index in [1.807, 2.05) is 6.07 Å². The van der Waals surface area contributed by atoms with Gasteiger partial charge in [0.2, 0.25) is 0 Å². The maximum Gasteiger partial charge on any atom is 0.0412 e. The summed E-state index contributed by atoms with van der Waals surface area (Å²) < 4.78 is 2.58. The number of fused-ring (bicyclic) bond motifs is 4. The molecule has 0 bridgehead atoms. The molecule has 34 heavy (non-hydrogen) atoms. The van der Waals surface area contributed by atoms with Crippen molar-refractivity contribution in [2.45, 2.75) is 39.0 Å². The molecule has 0 spiro atoms. The summed E-state index contributed by atoms with van der Waals surface area (Å²) in [5.41, 5.74) is 7.41. The van der Waals surface area contributed by atoms with Gasteiger partial charge in [-0.1, -0.05) is 35.9 Å². The van der Waals surface area contributed by atoms with Crippen molar-refractivity contribution >= 4 is 23.4 Å². The predicted molar refractivity (Wildman–Crippen MR) is 142 cm³/mol. The molecule has 4 heteroatoms. The SMILES string of the molecule is Cc1ccc(CCN2CCN(C)CC2)n1C1=c2ccc3c(c2CCC1)CC=c1cc(Cl)ccc1=3. The molecule has 2 aliphatic carbocycles. The van der Waals surface area contributed by atoms with Crippen LogP contribution < -0.4 is 10.4 Å². The molecule has 1 fully saturated rings. The summed E-state index contributed by atoms with van der Waals surface area (Å²) in [7, 11) is 2.23. The minimum Gasteiger partial charge on any atom is -0.321 e. The van der Waals surface area contributed by atoms with Crippen LogP contribution in [0.4, 0.5) is 0 Å². The van der Waals surface area contributed by atoms with Crippen molar-refractivity contribution in [3.05, 3.63) is 90.9 Å². The molecule has 0 amide bonds. The predicted octanol–water partition coefficient (Wildman–Crippen LogP) is 3.86.